The summed E-state index contributed by atoms with van der Waals surface area (Å²) in [5.74, 6) is 0. The summed E-state index contributed by atoms with van der Waals surface area (Å²) in [6, 6.07) is 13.6. The molecular formula is C22H20N2O2. The second kappa shape index (κ2) is 5.99. The molecule has 4 heteroatoms. The lowest BCUT2D eigenvalue weighted by atomic mass is 10.00. The van der Waals surface area contributed by atoms with E-state index in [0.717, 1.165) is 34.1 Å². The Morgan fingerprint density at radius 2 is 1.77 bits per heavy atom. The van der Waals surface area contributed by atoms with E-state index in [-0.39, 0.29) is 11.2 Å². The van der Waals surface area contributed by atoms with Crippen LogP contribution in [-0.2, 0) is 6.42 Å². The molecule has 0 atom stereocenters. The summed E-state index contributed by atoms with van der Waals surface area (Å²) in [5.41, 5.74) is 4.36. The van der Waals surface area contributed by atoms with Crippen molar-refractivity contribution in [1.29, 1.82) is 0 Å². The van der Waals surface area contributed by atoms with Crippen molar-refractivity contribution in [2.24, 2.45) is 0 Å². The molecule has 0 saturated heterocycles. The van der Waals surface area contributed by atoms with Crippen LogP contribution in [-0.4, -0.2) is 8.97 Å². The zero-order valence-corrected chi connectivity index (χ0v) is 15.1. The van der Waals surface area contributed by atoms with Gasteiger partial charge in [0.2, 0.25) is 0 Å². The van der Waals surface area contributed by atoms with Gasteiger partial charge in [0.25, 0.3) is 5.56 Å². The Hall–Kier alpha value is -3.14. The first-order chi connectivity index (χ1) is 12.6. The van der Waals surface area contributed by atoms with Crippen molar-refractivity contribution in [1.82, 2.24) is 8.97 Å². The summed E-state index contributed by atoms with van der Waals surface area (Å²) >= 11 is 0. The predicted octanol–water partition coefficient (Wildman–Crippen LogP) is 3.95. The molecule has 0 saturated carbocycles. The van der Waals surface area contributed by atoms with Crippen molar-refractivity contribution in [2.45, 2.75) is 27.2 Å². The highest BCUT2D eigenvalue weighted by atomic mass is 16.2. The number of allylic oxidation sites excluding steroid dienone is 1. The van der Waals surface area contributed by atoms with Crippen LogP contribution in [0.5, 0.6) is 0 Å². The average molecular weight is 344 g/mol. The molecule has 130 valence electrons. The molecule has 0 aliphatic heterocycles. The molecule has 0 unspecified atom stereocenters. The number of pyridine rings is 1. The quantitative estimate of drug-likeness (QED) is 0.565. The van der Waals surface area contributed by atoms with Crippen molar-refractivity contribution >= 4 is 22.5 Å². The van der Waals surface area contributed by atoms with E-state index in [9.17, 15) is 9.59 Å². The fourth-order valence-corrected chi connectivity index (χ4v) is 3.73. The molecule has 0 spiro atoms. The van der Waals surface area contributed by atoms with Crippen LogP contribution in [0.25, 0.3) is 28.2 Å². The molecular weight excluding hydrogens is 324 g/mol. The van der Waals surface area contributed by atoms with Crippen LogP contribution in [0.1, 0.15) is 30.5 Å². The number of imidazole rings is 1. The lowest BCUT2D eigenvalue weighted by Crippen LogP contribution is -2.29. The summed E-state index contributed by atoms with van der Waals surface area (Å²) in [4.78, 5) is 26.3. The standard InChI is InChI=1S/C22H20N2O2/c1-4-7-18-16(5-2)17-8-6-9-19-20(17)24(21(18)25)22(26)23(19)15-12-10-14(3)11-13-15/h4,6-13H,5H2,1-3H3/b7-4-. The topological polar surface area (TPSA) is 43.5 Å². The van der Waals surface area contributed by atoms with Crippen molar-refractivity contribution in [3.63, 3.8) is 0 Å². The van der Waals surface area contributed by atoms with Crippen molar-refractivity contribution in [3.8, 4) is 5.69 Å². The third kappa shape index (κ3) is 2.15. The van der Waals surface area contributed by atoms with Crippen LogP contribution in [0, 0.1) is 6.92 Å². The number of benzene rings is 2. The van der Waals surface area contributed by atoms with E-state index in [1.165, 1.54) is 4.40 Å². The number of para-hydroxylation sites is 1. The van der Waals surface area contributed by atoms with Gasteiger partial charge in [-0.1, -0.05) is 48.9 Å². The van der Waals surface area contributed by atoms with Gasteiger partial charge in [-0.3, -0.25) is 9.36 Å². The summed E-state index contributed by atoms with van der Waals surface area (Å²) < 4.78 is 2.95. The maximum atomic E-state index is 13.2. The number of rotatable bonds is 3. The molecule has 4 aromatic rings. The van der Waals surface area contributed by atoms with E-state index in [1.807, 2.05) is 69.3 Å². The Balaban J connectivity index is 2.26. The smallest absolute Gasteiger partial charge is 0.268 e. The fraction of sp³-hybridized carbons (Fsp3) is 0.182. The fourth-order valence-electron chi connectivity index (χ4n) is 3.73. The minimum Gasteiger partial charge on any atom is -0.268 e. The first kappa shape index (κ1) is 16.3. The van der Waals surface area contributed by atoms with Crippen LogP contribution in [0.15, 0.2) is 58.1 Å². The molecule has 0 bridgehead atoms. The van der Waals surface area contributed by atoms with Gasteiger partial charge in [0, 0.05) is 10.9 Å². The molecule has 2 heterocycles. The van der Waals surface area contributed by atoms with Gasteiger partial charge in [0.15, 0.2) is 0 Å². The molecule has 0 aliphatic rings. The molecule has 2 aromatic carbocycles. The summed E-state index contributed by atoms with van der Waals surface area (Å²) in [6.07, 6.45) is 4.38. The zero-order valence-electron chi connectivity index (χ0n) is 15.1. The van der Waals surface area contributed by atoms with E-state index in [1.54, 1.807) is 10.6 Å². The van der Waals surface area contributed by atoms with E-state index < -0.39 is 0 Å². The zero-order chi connectivity index (χ0) is 18.4. The van der Waals surface area contributed by atoms with E-state index >= 15 is 0 Å². The van der Waals surface area contributed by atoms with Crippen molar-refractivity contribution in [2.75, 3.05) is 0 Å². The highest BCUT2D eigenvalue weighted by Crippen LogP contribution is 2.27. The molecule has 0 amide bonds. The Morgan fingerprint density at radius 3 is 2.42 bits per heavy atom. The summed E-state index contributed by atoms with van der Waals surface area (Å²) in [6.45, 7) is 5.92. The van der Waals surface area contributed by atoms with E-state index in [0.29, 0.717) is 11.1 Å². The molecule has 4 rings (SSSR count). The Morgan fingerprint density at radius 1 is 1.04 bits per heavy atom. The molecule has 2 aromatic heterocycles. The number of aromatic nitrogens is 2. The Labute approximate surface area is 151 Å². The van der Waals surface area contributed by atoms with Crippen LogP contribution in [0.4, 0.5) is 0 Å². The van der Waals surface area contributed by atoms with Gasteiger partial charge < -0.3 is 0 Å². The lowest BCUT2D eigenvalue weighted by molar-refractivity contribution is 0.930. The summed E-state index contributed by atoms with van der Waals surface area (Å²) in [7, 11) is 0. The lowest BCUT2D eigenvalue weighted by Gasteiger charge is -2.09. The number of hydrogen-bond donors (Lipinski definition) is 0. The van der Waals surface area contributed by atoms with Crippen LogP contribution in [0.2, 0.25) is 0 Å². The van der Waals surface area contributed by atoms with Crippen LogP contribution < -0.4 is 11.2 Å². The van der Waals surface area contributed by atoms with Gasteiger partial charge in [-0.2, -0.15) is 0 Å². The number of aryl methyl sites for hydroxylation is 2. The van der Waals surface area contributed by atoms with Gasteiger partial charge >= 0.3 is 5.69 Å². The SMILES string of the molecule is C/C=C\c1c(CC)c2cccc3c2n(c1=O)c(=O)n3-c1ccc(C)cc1. The second-order valence-corrected chi connectivity index (χ2v) is 6.51. The number of hydrogen-bond acceptors (Lipinski definition) is 2. The van der Waals surface area contributed by atoms with E-state index in [4.69, 9.17) is 0 Å². The molecule has 0 N–H and O–H groups in total. The first-order valence-electron chi connectivity index (χ1n) is 8.83. The van der Waals surface area contributed by atoms with Crippen LogP contribution >= 0.6 is 0 Å². The second-order valence-electron chi connectivity index (χ2n) is 6.51. The first-order valence-corrected chi connectivity index (χ1v) is 8.83. The highest BCUT2D eigenvalue weighted by Gasteiger charge is 2.21. The molecule has 26 heavy (non-hydrogen) atoms. The maximum Gasteiger partial charge on any atom is 0.340 e. The van der Waals surface area contributed by atoms with Crippen molar-refractivity contribution in [3.05, 3.63) is 86.1 Å². The van der Waals surface area contributed by atoms with Gasteiger partial charge in [-0.15, -0.1) is 0 Å². The molecule has 0 fully saturated rings. The Kier molecular flexibility index (Phi) is 3.76. The monoisotopic (exact) mass is 344 g/mol. The minimum absolute atomic E-state index is 0.250. The normalized spacial score (nSPS) is 12.0. The number of nitrogens with zero attached hydrogens (tertiary/aromatic N) is 2. The molecule has 4 nitrogen and oxygen atoms in total. The predicted molar refractivity (Wildman–Crippen MR) is 107 cm³/mol. The van der Waals surface area contributed by atoms with Gasteiger partial charge in [-0.05, 0) is 44.0 Å². The highest BCUT2D eigenvalue weighted by molar-refractivity contribution is 5.98. The van der Waals surface area contributed by atoms with Crippen LogP contribution in [0.3, 0.4) is 0 Å². The maximum absolute atomic E-state index is 13.2. The largest absolute Gasteiger partial charge is 0.340 e. The third-order valence-electron chi connectivity index (χ3n) is 4.92. The summed E-state index contributed by atoms with van der Waals surface area (Å²) in [5, 5.41) is 0.959. The molecule has 0 radical (unpaired) electrons. The third-order valence-corrected chi connectivity index (χ3v) is 4.92. The van der Waals surface area contributed by atoms with Gasteiger partial charge in [0.1, 0.15) is 0 Å². The Bertz CT molecular complexity index is 1260. The van der Waals surface area contributed by atoms with Crippen molar-refractivity contribution < 1.29 is 0 Å². The minimum atomic E-state index is -0.321. The van der Waals surface area contributed by atoms with Gasteiger partial charge in [0.05, 0.1) is 16.7 Å². The van der Waals surface area contributed by atoms with Gasteiger partial charge in [-0.25, -0.2) is 9.20 Å². The van der Waals surface area contributed by atoms with E-state index in [2.05, 4.69) is 0 Å². The average Bonchev–Trinajstić information content (AvgIpc) is 2.94. The molecule has 0 aliphatic carbocycles.